The van der Waals surface area contributed by atoms with Crippen LogP contribution < -0.4 is 0 Å². The molecule has 1 saturated carbocycles. The summed E-state index contributed by atoms with van der Waals surface area (Å²) in [5.41, 5.74) is 0.940. The molecule has 0 atom stereocenters. The standard InChI is InChI=1S/C24H26N2O3S/c1-2-26(19-11-4-3-5-12-19)23(27)17-29-24(28)20-13-7-9-15-22(20)30-21-14-8-6-10-18(21)16-25/h6-10,13-15,19H,2-5,11-12,17H2,1H3. The summed E-state index contributed by atoms with van der Waals surface area (Å²) in [4.78, 5) is 28.7. The van der Waals surface area contributed by atoms with E-state index in [4.69, 9.17) is 4.74 Å². The molecule has 5 nitrogen and oxygen atoms in total. The van der Waals surface area contributed by atoms with Gasteiger partial charge in [0.2, 0.25) is 0 Å². The van der Waals surface area contributed by atoms with E-state index in [0.717, 1.165) is 30.6 Å². The van der Waals surface area contributed by atoms with Gasteiger partial charge >= 0.3 is 5.97 Å². The molecular weight excluding hydrogens is 396 g/mol. The van der Waals surface area contributed by atoms with Crippen LogP contribution >= 0.6 is 11.8 Å². The molecule has 0 heterocycles. The summed E-state index contributed by atoms with van der Waals surface area (Å²) in [6.07, 6.45) is 5.54. The van der Waals surface area contributed by atoms with Gasteiger partial charge in [-0.25, -0.2) is 4.79 Å². The van der Waals surface area contributed by atoms with Crippen molar-refractivity contribution in [2.24, 2.45) is 0 Å². The number of esters is 1. The minimum atomic E-state index is -0.527. The molecule has 1 aliphatic rings. The molecule has 0 aliphatic heterocycles. The summed E-state index contributed by atoms with van der Waals surface area (Å²) >= 11 is 1.34. The first-order valence-corrected chi connectivity index (χ1v) is 11.2. The zero-order valence-electron chi connectivity index (χ0n) is 17.2. The van der Waals surface area contributed by atoms with E-state index in [0.29, 0.717) is 22.6 Å². The third-order valence-corrected chi connectivity index (χ3v) is 6.49. The maximum absolute atomic E-state index is 12.7. The summed E-state index contributed by atoms with van der Waals surface area (Å²) in [5.74, 6) is -0.668. The molecule has 1 aliphatic carbocycles. The number of amides is 1. The number of rotatable bonds is 7. The molecule has 2 aromatic carbocycles. The van der Waals surface area contributed by atoms with Crippen molar-refractivity contribution in [1.82, 2.24) is 4.90 Å². The molecule has 0 saturated heterocycles. The largest absolute Gasteiger partial charge is 0.452 e. The SMILES string of the molecule is CCN(C(=O)COC(=O)c1ccccc1Sc1ccccc1C#N)C1CCCCC1. The summed E-state index contributed by atoms with van der Waals surface area (Å²) in [6, 6.07) is 16.8. The fourth-order valence-electron chi connectivity index (χ4n) is 3.81. The average molecular weight is 423 g/mol. The van der Waals surface area contributed by atoms with Crippen LogP contribution in [0.3, 0.4) is 0 Å². The van der Waals surface area contributed by atoms with Gasteiger partial charge in [0, 0.05) is 22.4 Å². The summed E-state index contributed by atoms with van der Waals surface area (Å²) in [6.45, 7) is 2.34. The fourth-order valence-corrected chi connectivity index (χ4v) is 4.82. The number of carbonyl (C=O) groups excluding carboxylic acids is 2. The van der Waals surface area contributed by atoms with Crippen LogP contribution in [-0.2, 0) is 9.53 Å². The lowest BCUT2D eigenvalue weighted by Gasteiger charge is -2.33. The lowest BCUT2D eigenvalue weighted by atomic mass is 9.94. The van der Waals surface area contributed by atoms with E-state index in [2.05, 4.69) is 6.07 Å². The molecule has 3 rings (SSSR count). The van der Waals surface area contributed by atoms with Crippen LogP contribution in [0.15, 0.2) is 58.3 Å². The smallest absolute Gasteiger partial charge is 0.339 e. The molecule has 6 heteroatoms. The van der Waals surface area contributed by atoms with E-state index in [-0.39, 0.29) is 18.6 Å². The van der Waals surface area contributed by atoms with Crippen molar-refractivity contribution >= 4 is 23.6 Å². The Hall–Kier alpha value is -2.78. The van der Waals surface area contributed by atoms with E-state index < -0.39 is 5.97 Å². The van der Waals surface area contributed by atoms with Crippen LogP contribution in [-0.4, -0.2) is 36.0 Å². The third kappa shape index (κ3) is 5.43. The Morgan fingerprint density at radius 3 is 2.43 bits per heavy atom. The monoisotopic (exact) mass is 422 g/mol. The van der Waals surface area contributed by atoms with Crippen molar-refractivity contribution in [3.05, 3.63) is 59.7 Å². The number of ether oxygens (including phenoxy) is 1. The highest BCUT2D eigenvalue weighted by atomic mass is 32.2. The third-order valence-electron chi connectivity index (χ3n) is 5.34. The highest BCUT2D eigenvalue weighted by Gasteiger charge is 2.25. The number of nitriles is 1. The molecule has 0 bridgehead atoms. The van der Waals surface area contributed by atoms with Crippen molar-refractivity contribution in [3.8, 4) is 6.07 Å². The number of benzene rings is 2. The number of carbonyl (C=O) groups is 2. The quantitative estimate of drug-likeness (QED) is 0.584. The Balaban J connectivity index is 1.67. The molecule has 2 aromatic rings. The van der Waals surface area contributed by atoms with Crippen LogP contribution in [0.4, 0.5) is 0 Å². The van der Waals surface area contributed by atoms with E-state index >= 15 is 0 Å². The predicted molar refractivity (Wildman–Crippen MR) is 116 cm³/mol. The van der Waals surface area contributed by atoms with Gasteiger partial charge in [0.1, 0.15) is 6.07 Å². The van der Waals surface area contributed by atoms with E-state index in [1.807, 2.05) is 36.1 Å². The van der Waals surface area contributed by atoms with Crippen molar-refractivity contribution in [2.75, 3.05) is 13.2 Å². The number of hydrogen-bond acceptors (Lipinski definition) is 5. The lowest BCUT2D eigenvalue weighted by molar-refractivity contribution is -0.137. The molecule has 0 N–H and O–H groups in total. The Morgan fingerprint density at radius 1 is 1.07 bits per heavy atom. The Morgan fingerprint density at radius 2 is 1.73 bits per heavy atom. The van der Waals surface area contributed by atoms with Gasteiger partial charge in [-0.05, 0) is 44.0 Å². The first-order chi connectivity index (χ1) is 14.6. The van der Waals surface area contributed by atoms with Crippen molar-refractivity contribution < 1.29 is 14.3 Å². The summed E-state index contributed by atoms with van der Waals surface area (Å²) in [5, 5.41) is 9.31. The normalized spacial score (nSPS) is 14.0. The maximum atomic E-state index is 12.7. The molecular formula is C24H26N2O3S. The number of nitrogens with zero attached hydrogens (tertiary/aromatic N) is 2. The molecule has 0 unspecified atom stereocenters. The van der Waals surface area contributed by atoms with Crippen LogP contribution in [0.5, 0.6) is 0 Å². The van der Waals surface area contributed by atoms with E-state index in [9.17, 15) is 14.9 Å². The number of hydrogen-bond donors (Lipinski definition) is 0. The minimum absolute atomic E-state index is 0.141. The molecule has 0 aromatic heterocycles. The van der Waals surface area contributed by atoms with Gasteiger partial charge in [-0.1, -0.05) is 55.3 Å². The molecule has 1 fully saturated rings. The molecule has 0 spiro atoms. The van der Waals surface area contributed by atoms with Gasteiger partial charge in [0.15, 0.2) is 6.61 Å². The van der Waals surface area contributed by atoms with Crippen molar-refractivity contribution in [2.45, 2.75) is 54.9 Å². The Labute approximate surface area is 182 Å². The van der Waals surface area contributed by atoms with Gasteiger partial charge in [-0.3, -0.25) is 4.79 Å². The van der Waals surface area contributed by atoms with Gasteiger partial charge in [-0.15, -0.1) is 0 Å². The summed E-state index contributed by atoms with van der Waals surface area (Å²) < 4.78 is 5.39. The highest BCUT2D eigenvalue weighted by molar-refractivity contribution is 7.99. The van der Waals surface area contributed by atoms with Crippen molar-refractivity contribution in [3.63, 3.8) is 0 Å². The molecule has 1 amide bonds. The van der Waals surface area contributed by atoms with Crippen molar-refractivity contribution in [1.29, 1.82) is 5.26 Å². The second-order valence-electron chi connectivity index (χ2n) is 7.25. The maximum Gasteiger partial charge on any atom is 0.339 e. The van der Waals surface area contributed by atoms with Gasteiger partial charge in [0.05, 0.1) is 11.1 Å². The highest BCUT2D eigenvalue weighted by Crippen LogP contribution is 2.33. The molecule has 30 heavy (non-hydrogen) atoms. The van der Waals surface area contributed by atoms with Gasteiger partial charge in [0.25, 0.3) is 5.91 Å². The predicted octanol–water partition coefficient (Wildman–Crippen LogP) is 5.05. The summed E-state index contributed by atoms with van der Waals surface area (Å²) in [7, 11) is 0. The second-order valence-corrected chi connectivity index (χ2v) is 8.34. The number of likely N-dealkylation sites (N-methyl/N-ethyl adjacent to an activating group) is 1. The van der Waals surface area contributed by atoms with Crippen LogP contribution in [0.2, 0.25) is 0 Å². The molecule has 156 valence electrons. The topological polar surface area (TPSA) is 70.4 Å². The Bertz CT molecular complexity index is 932. The Kier molecular flexibility index (Phi) is 7.92. The van der Waals surface area contributed by atoms with Crippen LogP contribution in [0.25, 0.3) is 0 Å². The van der Waals surface area contributed by atoms with Gasteiger partial charge < -0.3 is 9.64 Å². The lowest BCUT2D eigenvalue weighted by Crippen LogP contribution is -2.43. The van der Waals surface area contributed by atoms with Gasteiger partial charge in [-0.2, -0.15) is 5.26 Å². The van der Waals surface area contributed by atoms with E-state index in [1.54, 1.807) is 24.3 Å². The fraction of sp³-hybridized carbons (Fsp3) is 0.375. The zero-order valence-corrected chi connectivity index (χ0v) is 18.0. The van der Waals surface area contributed by atoms with Crippen LogP contribution in [0, 0.1) is 11.3 Å². The first kappa shape index (κ1) is 21.9. The first-order valence-electron chi connectivity index (χ1n) is 10.4. The average Bonchev–Trinajstić information content (AvgIpc) is 2.79. The minimum Gasteiger partial charge on any atom is -0.452 e. The van der Waals surface area contributed by atoms with Crippen LogP contribution in [0.1, 0.15) is 54.9 Å². The zero-order chi connectivity index (χ0) is 21.3. The molecule has 0 radical (unpaired) electrons. The second kappa shape index (κ2) is 10.8. The van der Waals surface area contributed by atoms with E-state index in [1.165, 1.54) is 18.2 Å².